The van der Waals surface area contributed by atoms with E-state index in [-0.39, 0.29) is 5.69 Å². The van der Waals surface area contributed by atoms with Crippen molar-refractivity contribution < 1.29 is 9.90 Å². The maximum absolute atomic E-state index is 11.2. The highest BCUT2D eigenvalue weighted by atomic mass is 16.4. The van der Waals surface area contributed by atoms with E-state index < -0.39 is 5.97 Å². The smallest absolute Gasteiger partial charge is 0.352 e. The van der Waals surface area contributed by atoms with Gasteiger partial charge in [-0.15, -0.1) is 0 Å². The molecule has 0 atom stereocenters. The van der Waals surface area contributed by atoms with Crippen molar-refractivity contribution in [1.82, 2.24) is 19.2 Å². The fourth-order valence-corrected chi connectivity index (χ4v) is 2.70. The van der Waals surface area contributed by atoms with Crippen LogP contribution in [0.5, 0.6) is 0 Å². The first-order chi connectivity index (χ1) is 10.1. The fraction of sp³-hybridized carbons (Fsp3) is 0.467. The van der Waals surface area contributed by atoms with E-state index in [2.05, 4.69) is 21.8 Å². The molecular formula is C15H20N4O2. The van der Waals surface area contributed by atoms with Crippen molar-refractivity contribution in [2.45, 2.75) is 6.42 Å². The Bertz CT molecular complexity index is 644. The van der Waals surface area contributed by atoms with Gasteiger partial charge in [-0.3, -0.25) is 4.40 Å². The molecule has 1 aliphatic rings. The number of aromatic nitrogens is 2. The number of pyridine rings is 1. The Morgan fingerprint density at radius 1 is 1.29 bits per heavy atom. The Hall–Kier alpha value is -1.92. The minimum atomic E-state index is -0.927. The summed E-state index contributed by atoms with van der Waals surface area (Å²) in [6.07, 6.45) is 2.69. The van der Waals surface area contributed by atoms with Gasteiger partial charge in [-0.2, -0.15) is 0 Å². The SMILES string of the molecule is CN1CCN(CCc2cn3c(C(=O)O)cccc3n2)CC1. The molecule has 6 nitrogen and oxygen atoms in total. The van der Waals surface area contributed by atoms with Gasteiger partial charge in [0.15, 0.2) is 0 Å². The summed E-state index contributed by atoms with van der Waals surface area (Å²) in [5.74, 6) is -0.927. The second-order valence-electron chi connectivity index (χ2n) is 5.57. The molecule has 0 saturated carbocycles. The molecule has 2 aromatic rings. The van der Waals surface area contributed by atoms with E-state index in [9.17, 15) is 9.90 Å². The number of aromatic carboxylic acids is 1. The van der Waals surface area contributed by atoms with E-state index in [1.165, 1.54) is 0 Å². The van der Waals surface area contributed by atoms with Gasteiger partial charge in [0.1, 0.15) is 11.3 Å². The molecule has 0 aromatic carbocycles. The monoisotopic (exact) mass is 288 g/mol. The van der Waals surface area contributed by atoms with E-state index in [0.29, 0.717) is 5.65 Å². The zero-order valence-electron chi connectivity index (χ0n) is 12.2. The average Bonchev–Trinajstić information content (AvgIpc) is 2.89. The highest BCUT2D eigenvalue weighted by molar-refractivity contribution is 5.86. The minimum absolute atomic E-state index is 0.255. The van der Waals surface area contributed by atoms with Gasteiger partial charge >= 0.3 is 5.97 Å². The number of likely N-dealkylation sites (N-methyl/N-ethyl adjacent to an activating group) is 1. The minimum Gasteiger partial charge on any atom is -0.477 e. The highest BCUT2D eigenvalue weighted by Crippen LogP contribution is 2.11. The highest BCUT2D eigenvalue weighted by Gasteiger charge is 2.15. The maximum atomic E-state index is 11.2. The molecule has 2 aromatic heterocycles. The molecule has 1 N–H and O–H groups in total. The number of hydrogen-bond donors (Lipinski definition) is 1. The van der Waals surface area contributed by atoms with E-state index in [4.69, 9.17) is 0 Å². The van der Waals surface area contributed by atoms with Crippen molar-refractivity contribution in [1.29, 1.82) is 0 Å². The van der Waals surface area contributed by atoms with Gasteiger partial charge in [-0.1, -0.05) is 6.07 Å². The zero-order valence-corrected chi connectivity index (χ0v) is 12.2. The van der Waals surface area contributed by atoms with Gasteiger partial charge in [-0.25, -0.2) is 9.78 Å². The van der Waals surface area contributed by atoms with E-state index >= 15 is 0 Å². The van der Waals surface area contributed by atoms with E-state index in [0.717, 1.165) is 44.8 Å². The van der Waals surface area contributed by atoms with Crippen molar-refractivity contribution in [3.05, 3.63) is 35.8 Å². The number of nitrogens with zero attached hydrogens (tertiary/aromatic N) is 4. The van der Waals surface area contributed by atoms with Crippen LogP contribution in [0.2, 0.25) is 0 Å². The Labute approximate surface area is 123 Å². The predicted molar refractivity (Wildman–Crippen MR) is 79.8 cm³/mol. The van der Waals surface area contributed by atoms with Crippen LogP contribution >= 0.6 is 0 Å². The first-order valence-corrected chi connectivity index (χ1v) is 7.24. The summed E-state index contributed by atoms with van der Waals surface area (Å²) in [6.45, 7) is 5.36. The number of carboxylic acid groups (broad SMARTS) is 1. The summed E-state index contributed by atoms with van der Waals surface area (Å²) in [4.78, 5) is 20.5. The standard InChI is InChI=1S/C15H20N4O2/c1-17-7-9-18(10-8-17)6-5-12-11-19-13(15(20)21)3-2-4-14(19)16-12/h2-4,11H,5-10H2,1H3,(H,20,21). The fourth-order valence-electron chi connectivity index (χ4n) is 2.70. The van der Waals surface area contributed by atoms with Crippen LogP contribution in [-0.4, -0.2) is 70.0 Å². The number of fused-ring (bicyclic) bond motifs is 1. The van der Waals surface area contributed by atoms with Crippen LogP contribution in [0.25, 0.3) is 5.65 Å². The van der Waals surface area contributed by atoms with Crippen LogP contribution in [0.3, 0.4) is 0 Å². The molecule has 6 heteroatoms. The molecule has 0 amide bonds. The van der Waals surface area contributed by atoms with Crippen LogP contribution in [0.4, 0.5) is 0 Å². The number of hydrogen-bond acceptors (Lipinski definition) is 4. The lowest BCUT2D eigenvalue weighted by Crippen LogP contribution is -2.45. The molecule has 0 spiro atoms. The molecule has 1 saturated heterocycles. The molecule has 1 fully saturated rings. The van der Waals surface area contributed by atoms with Gasteiger partial charge in [-0.05, 0) is 19.2 Å². The number of piperazine rings is 1. The molecule has 0 radical (unpaired) electrons. The van der Waals surface area contributed by atoms with Crippen LogP contribution in [0.1, 0.15) is 16.2 Å². The summed E-state index contributed by atoms with van der Waals surface area (Å²) in [7, 11) is 2.15. The van der Waals surface area contributed by atoms with Crippen molar-refractivity contribution in [3.8, 4) is 0 Å². The molecule has 0 aliphatic carbocycles. The van der Waals surface area contributed by atoms with Crippen molar-refractivity contribution in [3.63, 3.8) is 0 Å². The van der Waals surface area contributed by atoms with Crippen molar-refractivity contribution >= 4 is 11.6 Å². The third-order valence-corrected chi connectivity index (χ3v) is 4.04. The second-order valence-corrected chi connectivity index (χ2v) is 5.57. The van der Waals surface area contributed by atoms with E-state index in [1.54, 1.807) is 16.5 Å². The van der Waals surface area contributed by atoms with Gasteiger partial charge < -0.3 is 14.9 Å². The first-order valence-electron chi connectivity index (χ1n) is 7.24. The Kier molecular flexibility index (Phi) is 3.90. The summed E-state index contributed by atoms with van der Waals surface area (Å²) in [5.41, 5.74) is 1.90. The van der Waals surface area contributed by atoms with Crippen LogP contribution in [0.15, 0.2) is 24.4 Å². The third kappa shape index (κ3) is 3.06. The van der Waals surface area contributed by atoms with Crippen molar-refractivity contribution in [2.24, 2.45) is 0 Å². The topological polar surface area (TPSA) is 61.1 Å². The molecular weight excluding hydrogens is 268 g/mol. The predicted octanol–water partition coefficient (Wildman–Crippen LogP) is 0.822. The van der Waals surface area contributed by atoms with Gasteiger partial charge in [0.2, 0.25) is 0 Å². The number of rotatable bonds is 4. The van der Waals surface area contributed by atoms with Crippen LogP contribution in [-0.2, 0) is 6.42 Å². The second kappa shape index (κ2) is 5.83. The Balaban J connectivity index is 1.70. The molecule has 3 rings (SSSR count). The van der Waals surface area contributed by atoms with Gasteiger partial charge in [0, 0.05) is 45.3 Å². The quantitative estimate of drug-likeness (QED) is 0.902. The van der Waals surface area contributed by atoms with Crippen LogP contribution < -0.4 is 0 Å². The molecule has 3 heterocycles. The lowest BCUT2D eigenvalue weighted by atomic mass is 10.2. The number of carboxylic acids is 1. The largest absolute Gasteiger partial charge is 0.477 e. The first kappa shape index (κ1) is 14.0. The molecule has 0 bridgehead atoms. The maximum Gasteiger partial charge on any atom is 0.352 e. The Morgan fingerprint density at radius 3 is 2.76 bits per heavy atom. The third-order valence-electron chi connectivity index (χ3n) is 4.04. The lowest BCUT2D eigenvalue weighted by Gasteiger charge is -2.32. The summed E-state index contributed by atoms with van der Waals surface area (Å²) >= 11 is 0. The molecule has 0 unspecified atom stereocenters. The van der Waals surface area contributed by atoms with Crippen LogP contribution in [0, 0.1) is 0 Å². The molecule has 112 valence electrons. The zero-order chi connectivity index (χ0) is 14.8. The summed E-state index contributed by atoms with van der Waals surface area (Å²) in [5, 5.41) is 9.19. The number of imidazole rings is 1. The molecule has 1 aliphatic heterocycles. The average molecular weight is 288 g/mol. The van der Waals surface area contributed by atoms with E-state index in [1.807, 2.05) is 12.3 Å². The van der Waals surface area contributed by atoms with Crippen molar-refractivity contribution in [2.75, 3.05) is 39.8 Å². The molecule has 21 heavy (non-hydrogen) atoms. The lowest BCUT2D eigenvalue weighted by molar-refractivity contribution is 0.0689. The summed E-state index contributed by atoms with van der Waals surface area (Å²) < 4.78 is 1.65. The normalized spacial score (nSPS) is 17.4. The Morgan fingerprint density at radius 2 is 2.05 bits per heavy atom. The number of carbonyl (C=O) groups is 1. The van der Waals surface area contributed by atoms with Gasteiger partial charge in [0.05, 0.1) is 5.69 Å². The summed E-state index contributed by atoms with van der Waals surface area (Å²) in [6, 6.07) is 5.17. The van der Waals surface area contributed by atoms with Gasteiger partial charge in [0.25, 0.3) is 0 Å².